The Labute approximate surface area is 155 Å². The molecule has 3 N–H and O–H groups in total. The van der Waals surface area contributed by atoms with E-state index in [1.54, 1.807) is 0 Å². The molecule has 0 bridgehead atoms. The molecule has 1 atom stereocenters. The van der Waals surface area contributed by atoms with Crippen LogP contribution < -0.4 is 4.72 Å². The van der Waals surface area contributed by atoms with E-state index in [9.17, 15) is 8.42 Å². The van der Waals surface area contributed by atoms with Crippen molar-refractivity contribution >= 4 is 38.2 Å². The Kier molecular flexibility index (Phi) is 4.91. The molecule has 0 aliphatic rings. The van der Waals surface area contributed by atoms with E-state index < -0.39 is 10.0 Å². The van der Waals surface area contributed by atoms with Gasteiger partial charge in [-0.3, -0.25) is 9.40 Å². The Balaban J connectivity index is 1.94. The van der Waals surface area contributed by atoms with E-state index in [2.05, 4.69) is 14.8 Å². The fourth-order valence-electron chi connectivity index (χ4n) is 2.54. The molecule has 10 heteroatoms. The fourth-order valence-corrected chi connectivity index (χ4v) is 3.83. The molecule has 0 spiro atoms. The Hall–Kier alpha value is -2.54. The Bertz CT molecular complexity index is 1100. The number of nitrogens with one attached hydrogen (secondary N) is 2. The second-order valence-electron chi connectivity index (χ2n) is 5.95. The number of rotatable bonds is 6. The number of nitrogens with zero attached hydrogens (tertiary/aromatic N) is 3. The topological polar surface area (TPSA) is 124 Å². The molecule has 0 saturated heterocycles. The van der Waals surface area contributed by atoms with Crippen LogP contribution in [-0.2, 0) is 16.6 Å². The van der Waals surface area contributed by atoms with E-state index >= 15 is 0 Å². The minimum atomic E-state index is -3.88. The van der Waals surface area contributed by atoms with Gasteiger partial charge in [0.2, 0.25) is 0 Å². The highest BCUT2D eigenvalue weighted by atomic mass is 35.5. The third-order valence-corrected chi connectivity index (χ3v) is 5.51. The van der Waals surface area contributed by atoms with Crippen molar-refractivity contribution in [2.45, 2.75) is 18.4 Å². The van der Waals surface area contributed by atoms with Gasteiger partial charge in [-0.1, -0.05) is 18.5 Å². The minimum Gasteiger partial charge on any atom is -0.396 e. The normalized spacial score (nSPS) is 12.8. The first-order chi connectivity index (χ1) is 12.4. The Morgan fingerprint density at radius 2 is 2.27 bits per heavy atom. The number of hydrogen-bond acceptors (Lipinski definition) is 5. The van der Waals surface area contributed by atoms with E-state index in [-0.39, 0.29) is 23.1 Å². The van der Waals surface area contributed by atoms with Gasteiger partial charge < -0.3 is 10.1 Å². The molecule has 8 nitrogen and oxygen atoms in total. The van der Waals surface area contributed by atoms with Gasteiger partial charge in [-0.25, -0.2) is 8.42 Å². The van der Waals surface area contributed by atoms with Crippen LogP contribution in [0.5, 0.6) is 0 Å². The van der Waals surface area contributed by atoms with Gasteiger partial charge in [0, 0.05) is 30.9 Å². The molecule has 26 heavy (non-hydrogen) atoms. The number of aromatic amines is 1. The number of fused-ring (bicyclic) bond motifs is 1. The van der Waals surface area contributed by atoms with Crippen molar-refractivity contribution in [1.82, 2.24) is 14.8 Å². The number of halogens is 1. The van der Waals surface area contributed by atoms with Crippen molar-refractivity contribution in [3.63, 3.8) is 0 Å². The lowest BCUT2D eigenvalue weighted by atomic mass is 10.1. The molecule has 0 aliphatic heterocycles. The summed E-state index contributed by atoms with van der Waals surface area (Å²) in [4.78, 5) is 2.88. The molecule has 1 unspecified atom stereocenters. The van der Waals surface area contributed by atoms with E-state index in [0.717, 1.165) is 0 Å². The fraction of sp³-hybridized carbons (Fsp3) is 0.250. The summed E-state index contributed by atoms with van der Waals surface area (Å²) < 4.78 is 29.3. The number of aromatic nitrogens is 3. The Morgan fingerprint density at radius 3 is 2.96 bits per heavy atom. The monoisotopic (exact) mass is 393 g/mol. The Morgan fingerprint density at radius 1 is 1.50 bits per heavy atom. The van der Waals surface area contributed by atoms with Gasteiger partial charge in [-0.15, -0.1) is 0 Å². The molecule has 3 aromatic rings. The van der Waals surface area contributed by atoms with Crippen molar-refractivity contribution in [1.29, 1.82) is 5.26 Å². The molecule has 0 aliphatic carbocycles. The first-order valence-corrected chi connectivity index (χ1v) is 9.57. The van der Waals surface area contributed by atoms with Crippen LogP contribution in [0.15, 0.2) is 35.6 Å². The lowest BCUT2D eigenvalue weighted by Gasteiger charge is -2.09. The standard InChI is InChI=1S/C16H16ClN5O3S/c1-10(9-23)7-22-8-12(6-20-22)26(24,25)21-14-3-2-13(17)15-11(4-18)5-19-16(14)15/h2-3,5-6,8,10,19,21,23H,7,9H2,1H3. The van der Waals surface area contributed by atoms with Crippen molar-refractivity contribution in [3.05, 3.63) is 41.3 Å². The van der Waals surface area contributed by atoms with Gasteiger partial charge in [-0.2, -0.15) is 10.4 Å². The summed E-state index contributed by atoms with van der Waals surface area (Å²) in [6.45, 7) is 2.22. The number of H-pyrrole nitrogens is 1. The predicted octanol–water partition coefficient (Wildman–Crippen LogP) is 2.32. The van der Waals surface area contributed by atoms with Crippen LogP contribution in [-0.4, -0.2) is 34.9 Å². The summed E-state index contributed by atoms with van der Waals surface area (Å²) in [5.74, 6) is -0.0439. The maximum atomic E-state index is 12.6. The summed E-state index contributed by atoms with van der Waals surface area (Å²) in [6, 6.07) is 5.07. The third-order valence-electron chi connectivity index (χ3n) is 3.88. The number of aliphatic hydroxyl groups excluding tert-OH is 1. The minimum absolute atomic E-state index is 0.00203. The van der Waals surface area contributed by atoms with E-state index in [1.807, 2.05) is 13.0 Å². The van der Waals surface area contributed by atoms with E-state index in [0.29, 0.717) is 28.0 Å². The SMILES string of the molecule is CC(CO)Cn1cc(S(=O)(=O)Nc2ccc(Cl)c3c(C#N)c[nH]c23)cn1. The van der Waals surface area contributed by atoms with Gasteiger partial charge in [0.25, 0.3) is 10.0 Å². The number of anilines is 1. The zero-order valence-corrected chi connectivity index (χ0v) is 15.3. The molecule has 0 amide bonds. The zero-order valence-electron chi connectivity index (χ0n) is 13.8. The van der Waals surface area contributed by atoms with E-state index in [1.165, 1.54) is 35.4 Å². The number of benzene rings is 1. The van der Waals surface area contributed by atoms with Gasteiger partial charge in [-0.05, 0) is 18.1 Å². The smallest absolute Gasteiger partial charge is 0.265 e. The molecule has 0 saturated carbocycles. The zero-order chi connectivity index (χ0) is 18.9. The molecular weight excluding hydrogens is 378 g/mol. The lowest BCUT2D eigenvalue weighted by Crippen LogP contribution is -2.13. The number of hydrogen-bond donors (Lipinski definition) is 3. The van der Waals surface area contributed by atoms with Crippen LogP contribution >= 0.6 is 11.6 Å². The van der Waals surface area contributed by atoms with Crippen LogP contribution in [0.1, 0.15) is 12.5 Å². The summed E-state index contributed by atoms with van der Waals surface area (Å²) in [6.07, 6.45) is 4.12. The third kappa shape index (κ3) is 3.39. The van der Waals surface area contributed by atoms with E-state index in [4.69, 9.17) is 22.0 Å². The first-order valence-electron chi connectivity index (χ1n) is 7.71. The number of sulfonamides is 1. The molecule has 0 fully saturated rings. The largest absolute Gasteiger partial charge is 0.396 e. The lowest BCUT2D eigenvalue weighted by molar-refractivity contribution is 0.219. The maximum Gasteiger partial charge on any atom is 0.265 e. The van der Waals surface area contributed by atoms with Crippen LogP contribution in [0.4, 0.5) is 5.69 Å². The maximum absolute atomic E-state index is 12.6. The van der Waals surface area contributed by atoms with Crippen molar-refractivity contribution in [3.8, 4) is 6.07 Å². The van der Waals surface area contributed by atoms with Gasteiger partial charge >= 0.3 is 0 Å². The molecule has 0 radical (unpaired) electrons. The highest BCUT2D eigenvalue weighted by Crippen LogP contribution is 2.32. The van der Waals surface area contributed by atoms with Crippen molar-refractivity contribution in [2.24, 2.45) is 5.92 Å². The van der Waals surface area contributed by atoms with Crippen LogP contribution in [0.2, 0.25) is 5.02 Å². The first kappa shape index (κ1) is 18.3. The molecule has 136 valence electrons. The summed E-state index contributed by atoms with van der Waals surface area (Å²) in [5.41, 5.74) is 1.04. The van der Waals surface area contributed by atoms with Crippen molar-refractivity contribution < 1.29 is 13.5 Å². The van der Waals surface area contributed by atoms with Crippen LogP contribution in [0.25, 0.3) is 10.9 Å². The van der Waals surface area contributed by atoms with Gasteiger partial charge in [0.05, 0.1) is 28.0 Å². The molecule has 2 aromatic heterocycles. The highest BCUT2D eigenvalue weighted by Gasteiger charge is 2.20. The van der Waals surface area contributed by atoms with Crippen molar-refractivity contribution in [2.75, 3.05) is 11.3 Å². The summed E-state index contributed by atoms with van der Waals surface area (Å²) >= 11 is 6.13. The molecular formula is C16H16ClN5O3S. The average Bonchev–Trinajstić information content (AvgIpc) is 3.24. The quantitative estimate of drug-likeness (QED) is 0.592. The molecule has 2 heterocycles. The highest BCUT2D eigenvalue weighted by molar-refractivity contribution is 7.92. The van der Waals surface area contributed by atoms with Gasteiger partial charge in [0.1, 0.15) is 11.0 Å². The second-order valence-corrected chi connectivity index (χ2v) is 8.04. The van der Waals surface area contributed by atoms with Crippen LogP contribution in [0, 0.1) is 17.2 Å². The summed E-state index contributed by atoms with van der Waals surface area (Å²) in [5, 5.41) is 23.1. The van der Waals surface area contributed by atoms with Crippen LogP contribution in [0.3, 0.4) is 0 Å². The predicted molar refractivity (Wildman–Crippen MR) is 97.3 cm³/mol. The number of aliphatic hydroxyl groups is 1. The molecule has 3 rings (SSSR count). The number of nitriles is 1. The average molecular weight is 394 g/mol. The van der Waals surface area contributed by atoms with Gasteiger partial charge in [0.15, 0.2) is 0 Å². The molecule has 1 aromatic carbocycles. The second kappa shape index (κ2) is 6.99. The summed E-state index contributed by atoms with van der Waals surface area (Å²) in [7, 11) is -3.88.